The molecule has 4 nitrogen and oxygen atoms in total. The quantitative estimate of drug-likeness (QED) is 0.599. The lowest BCUT2D eigenvalue weighted by Crippen LogP contribution is -2.43. The fraction of sp³-hybridized carbons (Fsp3) is 0.611. The van der Waals surface area contributed by atoms with Gasteiger partial charge in [0, 0.05) is 5.92 Å². The summed E-state index contributed by atoms with van der Waals surface area (Å²) < 4.78 is 17.0. The topological polar surface area (TPSA) is 44.8 Å². The highest BCUT2D eigenvalue weighted by atomic mass is 28.4. The Kier molecular flexibility index (Phi) is 5.21. The molecular weight excluding hydrogens is 308 g/mol. The summed E-state index contributed by atoms with van der Waals surface area (Å²) in [5.41, 5.74) is 1.10. The summed E-state index contributed by atoms with van der Waals surface area (Å²) in [4.78, 5) is 11.8. The molecule has 0 radical (unpaired) electrons. The van der Waals surface area contributed by atoms with Gasteiger partial charge in [-0.1, -0.05) is 32.9 Å². The number of benzene rings is 1. The minimum absolute atomic E-state index is 0.0539. The number of methoxy groups -OCH3 is 1. The lowest BCUT2D eigenvalue weighted by Gasteiger charge is -2.37. The molecule has 1 aromatic rings. The first-order valence-corrected chi connectivity index (χ1v) is 11.0. The third-order valence-corrected chi connectivity index (χ3v) is 9.58. The van der Waals surface area contributed by atoms with Gasteiger partial charge in [0.05, 0.1) is 20.1 Å². The fourth-order valence-electron chi connectivity index (χ4n) is 2.45. The average molecular weight is 337 g/mol. The predicted octanol–water partition coefficient (Wildman–Crippen LogP) is 4.12. The number of esters is 1. The maximum Gasteiger partial charge on any atom is 0.306 e. The zero-order chi connectivity index (χ0) is 17.3. The predicted molar refractivity (Wildman–Crippen MR) is 93.4 cm³/mol. The Bertz CT molecular complexity index is 545. The molecule has 0 N–H and O–H groups in total. The van der Waals surface area contributed by atoms with Crippen LogP contribution in [0.4, 0.5) is 0 Å². The van der Waals surface area contributed by atoms with E-state index in [0.717, 1.165) is 11.3 Å². The molecule has 5 heteroatoms. The first kappa shape index (κ1) is 18.0. The molecule has 1 aromatic carbocycles. The van der Waals surface area contributed by atoms with E-state index in [1.54, 1.807) is 7.11 Å². The van der Waals surface area contributed by atoms with Crippen molar-refractivity contribution in [3.8, 4) is 5.75 Å². The Morgan fingerprint density at radius 3 is 2.35 bits per heavy atom. The third-order valence-electron chi connectivity index (χ3n) is 5.08. The summed E-state index contributed by atoms with van der Waals surface area (Å²) in [6.07, 6.45) is 0.211. The minimum atomic E-state index is -1.85. The van der Waals surface area contributed by atoms with Crippen LogP contribution in [0.25, 0.3) is 0 Å². The Balaban J connectivity index is 2.09. The van der Waals surface area contributed by atoms with Crippen molar-refractivity contribution in [3.63, 3.8) is 0 Å². The van der Waals surface area contributed by atoms with Crippen LogP contribution >= 0.6 is 0 Å². The molecular formula is C18H28O4Si. The van der Waals surface area contributed by atoms with E-state index >= 15 is 0 Å². The van der Waals surface area contributed by atoms with Crippen LogP contribution in [0.1, 0.15) is 38.7 Å². The van der Waals surface area contributed by atoms with Gasteiger partial charge in [-0.3, -0.25) is 4.79 Å². The van der Waals surface area contributed by atoms with Crippen LogP contribution in [-0.4, -0.2) is 34.1 Å². The number of rotatable bonds is 5. The Labute approximate surface area is 140 Å². The summed E-state index contributed by atoms with van der Waals surface area (Å²) in [6, 6.07) is 7.85. The number of ether oxygens (including phenoxy) is 2. The zero-order valence-electron chi connectivity index (χ0n) is 15.0. The highest BCUT2D eigenvalue weighted by Gasteiger charge is 2.41. The zero-order valence-corrected chi connectivity index (χ0v) is 16.0. The van der Waals surface area contributed by atoms with E-state index in [-0.39, 0.29) is 23.0 Å². The molecule has 0 bridgehead atoms. The van der Waals surface area contributed by atoms with E-state index < -0.39 is 8.32 Å². The molecule has 1 saturated heterocycles. The third kappa shape index (κ3) is 4.15. The van der Waals surface area contributed by atoms with E-state index in [4.69, 9.17) is 13.9 Å². The second-order valence-electron chi connectivity index (χ2n) is 7.68. The second kappa shape index (κ2) is 6.65. The van der Waals surface area contributed by atoms with Gasteiger partial charge in [-0.2, -0.15) is 0 Å². The Morgan fingerprint density at radius 2 is 1.83 bits per heavy atom. The van der Waals surface area contributed by atoms with E-state index in [1.807, 2.05) is 24.3 Å². The van der Waals surface area contributed by atoms with Crippen molar-refractivity contribution in [1.82, 2.24) is 0 Å². The Hall–Kier alpha value is -1.33. The molecule has 1 aliphatic heterocycles. The summed E-state index contributed by atoms with van der Waals surface area (Å²) >= 11 is 0. The van der Waals surface area contributed by atoms with Gasteiger partial charge in [-0.25, -0.2) is 0 Å². The first-order chi connectivity index (χ1) is 10.6. The molecule has 1 aliphatic rings. The van der Waals surface area contributed by atoms with Crippen LogP contribution in [0.3, 0.4) is 0 Å². The number of hydrogen-bond donors (Lipinski definition) is 0. The molecule has 1 fully saturated rings. The van der Waals surface area contributed by atoms with Crippen molar-refractivity contribution in [2.75, 3.05) is 13.7 Å². The van der Waals surface area contributed by atoms with Crippen molar-refractivity contribution >= 4 is 14.3 Å². The van der Waals surface area contributed by atoms with E-state index in [9.17, 15) is 4.79 Å². The van der Waals surface area contributed by atoms with Crippen molar-refractivity contribution in [2.24, 2.45) is 0 Å². The van der Waals surface area contributed by atoms with Crippen LogP contribution in [0.2, 0.25) is 18.1 Å². The van der Waals surface area contributed by atoms with Crippen LogP contribution < -0.4 is 4.74 Å². The molecule has 0 unspecified atom stereocenters. The van der Waals surface area contributed by atoms with Crippen LogP contribution in [0.15, 0.2) is 24.3 Å². The van der Waals surface area contributed by atoms with Crippen molar-refractivity contribution in [1.29, 1.82) is 0 Å². The normalized spacial score (nSPS) is 22.1. The lowest BCUT2D eigenvalue weighted by molar-refractivity contribution is -0.142. The van der Waals surface area contributed by atoms with Crippen molar-refractivity contribution in [2.45, 2.75) is 57.3 Å². The molecule has 2 rings (SSSR count). The summed E-state index contributed by atoms with van der Waals surface area (Å²) in [7, 11) is -0.205. The first-order valence-electron chi connectivity index (χ1n) is 8.11. The standard InChI is InChI=1S/C18H28O4Si/c1-18(2,3)23(5,6)21-12-16-15(11-17(19)22-16)13-7-9-14(20-4)10-8-13/h7-10,15-16H,11-12H2,1-6H3/t15-,16-/m0/s1. The highest BCUT2D eigenvalue weighted by Crippen LogP contribution is 2.38. The molecule has 0 spiro atoms. The summed E-state index contributed by atoms with van der Waals surface area (Å²) in [5.74, 6) is 0.723. The van der Waals surface area contributed by atoms with Gasteiger partial charge in [-0.15, -0.1) is 0 Å². The van der Waals surface area contributed by atoms with E-state index in [0.29, 0.717) is 13.0 Å². The van der Waals surface area contributed by atoms with Crippen molar-refractivity contribution in [3.05, 3.63) is 29.8 Å². The number of cyclic esters (lactones) is 1. The van der Waals surface area contributed by atoms with E-state index in [2.05, 4.69) is 33.9 Å². The molecule has 0 saturated carbocycles. The maximum atomic E-state index is 11.8. The highest BCUT2D eigenvalue weighted by molar-refractivity contribution is 6.74. The molecule has 0 aliphatic carbocycles. The fourth-order valence-corrected chi connectivity index (χ4v) is 3.46. The van der Waals surface area contributed by atoms with E-state index in [1.165, 1.54) is 0 Å². The maximum absolute atomic E-state index is 11.8. The average Bonchev–Trinajstić information content (AvgIpc) is 2.85. The van der Waals surface area contributed by atoms with Gasteiger partial charge < -0.3 is 13.9 Å². The van der Waals surface area contributed by atoms with Gasteiger partial charge >= 0.3 is 5.97 Å². The SMILES string of the molecule is COc1ccc([C@@H]2CC(=O)O[C@H]2CO[Si](C)(C)C(C)(C)C)cc1. The summed E-state index contributed by atoms with van der Waals surface area (Å²) in [6.45, 7) is 11.5. The van der Waals surface area contributed by atoms with Gasteiger partial charge in [0.1, 0.15) is 11.9 Å². The second-order valence-corrected chi connectivity index (χ2v) is 12.5. The van der Waals surface area contributed by atoms with Crippen molar-refractivity contribution < 1.29 is 18.7 Å². The van der Waals surface area contributed by atoms with Crippen LogP contribution in [0, 0.1) is 0 Å². The molecule has 1 heterocycles. The largest absolute Gasteiger partial charge is 0.497 e. The molecule has 0 amide bonds. The van der Waals surface area contributed by atoms with Gasteiger partial charge in [0.25, 0.3) is 0 Å². The monoisotopic (exact) mass is 336 g/mol. The van der Waals surface area contributed by atoms with Gasteiger partial charge in [0.2, 0.25) is 0 Å². The minimum Gasteiger partial charge on any atom is -0.497 e. The molecule has 0 aromatic heterocycles. The molecule has 128 valence electrons. The number of hydrogen-bond acceptors (Lipinski definition) is 4. The lowest BCUT2D eigenvalue weighted by atomic mass is 9.93. The smallest absolute Gasteiger partial charge is 0.306 e. The molecule has 23 heavy (non-hydrogen) atoms. The molecule has 2 atom stereocenters. The number of carbonyl (C=O) groups excluding carboxylic acids is 1. The number of carbonyl (C=O) groups is 1. The van der Waals surface area contributed by atoms with Crippen LogP contribution in [-0.2, 0) is 14.0 Å². The van der Waals surface area contributed by atoms with Gasteiger partial charge in [0.15, 0.2) is 8.32 Å². The summed E-state index contributed by atoms with van der Waals surface area (Å²) in [5, 5.41) is 0.144. The Morgan fingerprint density at radius 1 is 1.22 bits per heavy atom. The van der Waals surface area contributed by atoms with Crippen LogP contribution in [0.5, 0.6) is 5.75 Å². The van der Waals surface area contributed by atoms with Gasteiger partial charge in [-0.05, 0) is 35.8 Å².